The lowest BCUT2D eigenvalue weighted by atomic mass is 9.45. The highest BCUT2D eigenvalue weighted by molar-refractivity contribution is 5.97. The van der Waals surface area contributed by atoms with Crippen LogP contribution in [0, 0.1) is 35.0 Å². The third-order valence-electron chi connectivity index (χ3n) is 12.9. The summed E-state index contributed by atoms with van der Waals surface area (Å²) >= 11 is 0. The van der Waals surface area contributed by atoms with Crippen molar-refractivity contribution in [3.63, 3.8) is 0 Å². The van der Waals surface area contributed by atoms with E-state index in [1.54, 1.807) is 12.2 Å². The SMILES string of the molecule is COc1c(CN2O[C@@H](CO)[C@H](C(C)C)[C@H]2C(=O)N[C@H]2C[C@H]3C[C@@H]([C@@H]2C)C3(C)C)cccc1-c1cc(C(=O)NCc2cc3ccccc3[nH]2)cc(N(C)C)c1. The number of aliphatic hydroxyl groups excluding tert-OH is 1. The Bertz CT molecular complexity index is 1970. The molecule has 4 fully saturated rings. The van der Waals surface area contributed by atoms with Gasteiger partial charge < -0.3 is 30.4 Å². The third kappa shape index (κ3) is 7.00. The van der Waals surface area contributed by atoms with Crippen molar-refractivity contribution < 1.29 is 24.3 Å². The molecule has 4 N–H and O–H groups in total. The smallest absolute Gasteiger partial charge is 0.251 e. The van der Waals surface area contributed by atoms with Crippen molar-refractivity contribution in [2.24, 2.45) is 35.0 Å². The van der Waals surface area contributed by atoms with Gasteiger partial charge in [-0.15, -0.1) is 0 Å². The number of methoxy groups -OCH3 is 1. The summed E-state index contributed by atoms with van der Waals surface area (Å²) in [7, 11) is 5.55. The summed E-state index contributed by atoms with van der Waals surface area (Å²) in [6.07, 6.45) is 1.73. The molecule has 4 aromatic rings. The van der Waals surface area contributed by atoms with Crippen LogP contribution in [0.15, 0.2) is 66.7 Å². The summed E-state index contributed by atoms with van der Waals surface area (Å²) in [5, 5.41) is 19.9. The first-order chi connectivity index (χ1) is 25.8. The number of anilines is 1. The van der Waals surface area contributed by atoms with E-state index in [0.29, 0.717) is 41.0 Å². The molecule has 1 aromatic heterocycles. The van der Waals surface area contributed by atoms with Gasteiger partial charge in [-0.2, -0.15) is 5.06 Å². The molecule has 1 saturated heterocycles. The van der Waals surface area contributed by atoms with Crippen LogP contribution in [0.4, 0.5) is 5.69 Å². The zero-order chi connectivity index (χ0) is 38.5. The van der Waals surface area contributed by atoms with Gasteiger partial charge in [0.15, 0.2) is 0 Å². The maximum Gasteiger partial charge on any atom is 0.251 e. The fraction of sp³-hybridized carbons (Fsp3) is 0.500. The van der Waals surface area contributed by atoms with Crippen molar-refractivity contribution >= 4 is 28.4 Å². The van der Waals surface area contributed by atoms with Gasteiger partial charge in [-0.1, -0.05) is 71.0 Å². The lowest BCUT2D eigenvalue weighted by Gasteiger charge is -2.62. The largest absolute Gasteiger partial charge is 0.496 e. The number of aromatic amines is 1. The second-order valence-corrected chi connectivity index (χ2v) is 17.0. The van der Waals surface area contributed by atoms with Crippen LogP contribution in [0.1, 0.15) is 69.1 Å². The molecular weight excluding hydrogens is 679 g/mol. The first kappa shape index (κ1) is 37.9. The Hall–Kier alpha value is -4.38. The number of para-hydroxylation sites is 2. The number of ether oxygens (including phenoxy) is 1. The molecule has 10 heteroatoms. The summed E-state index contributed by atoms with van der Waals surface area (Å²) in [6, 6.07) is 21.4. The first-order valence-corrected chi connectivity index (χ1v) is 19.5. The average molecular weight is 736 g/mol. The number of aromatic nitrogens is 1. The maximum absolute atomic E-state index is 14.4. The van der Waals surface area contributed by atoms with E-state index in [9.17, 15) is 14.7 Å². The monoisotopic (exact) mass is 735 g/mol. The zero-order valence-corrected chi connectivity index (χ0v) is 33.0. The van der Waals surface area contributed by atoms with Crippen LogP contribution >= 0.6 is 0 Å². The molecule has 0 unspecified atom stereocenters. The van der Waals surface area contributed by atoms with Gasteiger partial charge in [-0.3, -0.25) is 14.4 Å². The van der Waals surface area contributed by atoms with Gasteiger partial charge in [-0.05, 0) is 83.2 Å². The molecule has 4 aliphatic rings. The number of amides is 2. The van der Waals surface area contributed by atoms with E-state index in [0.717, 1.165) is 45.4 Å². The minimum absolute atomic E-state index is 0.0440. The van der Waals surface area contributed by atoms with E-state index in [2.05, 4.69) is 56.3 Å². The Balaban J connectivity index is 1.15. The summed E-state index contributed by atoms with van der Waals surface area (Å²) in [6.45, 7) is 11.7. The molecule has 10 nitrogen and oxygen atoms in total. The molecule has 2 heterocycles. The number of hydroxylamine groups is 2. The molecule has 288 valence electrons. The molecule has 8 rings (SSSR count). The summed E-state index contributed by atoms with van der Waals surface area (Å²) in [5.41, 5.74) is 6.17. The van der Waals surface area contributed by atoms with E-state index in [-0.39, 0.29) is 42.8 Å². The Morgan fingerprint density at radius 1 is 1.07 bits per heavy atom. The Morgan fingerprint density at radius 3 is 2.52 bits per heavy atom. The summed E-state index contributed by atoms with van der Waals surface area (Å²) in [4.78, 5) is 39.8. The van der Waals surface area contributed by atoms with E-state index in [1.165, 1.54) is 6.42 Å². The van der Waals surface area contributed by atoms with Crippen LogP contribution in [0.5, 0.6) is 5.75 Å². The van der Waals surface area contributed by atoms with Gasteiger partial charge in [0.25, 0.3) is 5.91 Å². The molecule has 7 atom stereocenters. The standard InChI is InChI=1S/C44H57N5O5/c1-25(2)39-38(24-50)54-49(40(39)43(52)47-37-21-31-20-35(26(37)3)44(31,4)5)23-28-13-11-14-34(41(28)53-8)29-16-30(19-33(18-29)48(6)7)42(51)45-22-32-17-27-12-9-10-15-36(27)46-32/h9-19,25-26,31,35,37-40,46,50H,20-24H2,1-8H3,(H,45,51)(H,47,52)/t26-,31+,35-,37-,38-,39-,40-/m0/s1. The van der Waals surface area contributed by atoms with E-state index < -0.39 is 12.1 Å². The first-order valence-electron chi connectivity index (χ1n) is 19.5. The lowest BCUT2D eigenvalue weighted by Crippen LogP contribution is -2.62. The number of aliphatic hydroxyl groups is 1. The van der Waals surface area contributed by atoms with Gasteiger partial charge in [0.05, 0.1) is 26.8 Å². The number of H-pyrrole nitrogens is 1. The number of carbonyl (C=O) groups excluding carboxylic acids is 2. The number of hydrogen-bond donors (Lipinski definition) is 4. The second-order valence-electron chi connectivity index (χ2n) is 17.0. The van der Waals surface area contributed by atoms with E-state index in [4.69, 9.17) is 9.57 Å². The predicted octanol–water partition coefficient (Wildman–Crippen LogP) is 6.78. The minimum Gasteiger partial charge on any atom is -0.496 e. The highest BCUT2D eigenvalue weighted by Crippen LogP contribution is 2.61. The molecule has 2 amide bonds. The van der Waals surface area contributed by atoms with Crippen molar-refractivity contribution in [2.75, 3.05) is 32.7 Å². The predicted molar refractivity (Wildman–Crippen MR) is 213 cm³/mol. The minimum atomic E-state index is -0.585. The molecule has 3 aliphatic carbocycles. The molecular formula is C44H57N5O5. The topological polar surface area (TPSA) is 119 Å². The Morgan fingerprint density at radius 2 is 1.85 bits per heavy atom. The molecule has 0 radical (unpaired) electrons. The zero-order valence-electron chi connectivity index (χ0n) is 33.0. The van der Waals surface area contributed by atoms with Crippen LogP contribution < -0.4 is 20.3 Å². The van der Waals surface area contributed by atoms with E-state index >= 15 is 0 Å². The summed E-state index contributed by atoms with van der Waals surface area (Å²) < 4.78 is 6.12. The molecule has 3 saturated carbocycles. The van der Waals surface area contributed by atoms with Crippen molar-refractivity contribution in [1.29, 1.82) is 0 Å². The van der Waals surface area contributed by atoms with Crippen LogP contribution in [-0.4, -0.2) is 73.0 Å². The van der Waals surface area contributed by atoms with Crippen molar-refractivity contribution in [3.05, 3.63) is 83.6 Å². The van der Waals surface area contributed by atoms with Gasteiger partial charge in [-0.25, -0.2) is 0 Å². The van der Waals surface area contributed by atoms with Crippen molar-refractivity contribution in [1.82, 2.24) is 20.7 Å². The fourth-order valence-electron chi connectivity index (χ4n) is 9.71. The van der Waals surface area contributed by atoms with Crippen LogP contribution in [0.2, 0.25) is 0 Å². The molecule has 0 spiro atoms. The van der Waals surface area contributed by atoms with Gasteiger partial charge in [0.2, 0.25) is 5.91 Å². The number of nitrogens with zero attached hydrogens (tertiary/aromatic N) is 2. The van der Waals surface area contributed by atoms with Gasteiger partial charge in [0.1, 0.15) is 17.9 Å². The Kier molecular flexibility index (Phi) is 10.6. The summed E-state index contributed by atoms with van der Waals surface area (Å²) in [5.74, 6) is 1.93. The number of benzene rings is 3. The molecule has 3 aromatic carbocycles. The molecule has 2 bridgehead atoms. The number of carbonyl (C=O) groups is 2. The maximum atomic E-state index is 14.4. The molecule has 54 heavy (non-hydrogen) atoms. The van der Waals surface area contributed by atoms with E-state index in [1.807, 2.05) is 79.7 Å². The van der Waals surface area contributed by atoms with Gasteiger partial charge in [0, 0.05) is 59.6 Å². The Labute approximate surface area is 319 Å². The van der Waals surface area contributed by atoms with Crippen LogP contribution in [0.3, 0.4) is 0 Å². The number of fused-ring (bicyclic) bond motifs is 3. The quantitative estimate of drug-likeness (QED) is 0.127. The number of nitrogens with one attached hydrogen (secondary N) is 3. The lowest BCUT2D eigenvalue weighted by molar-refractivity contribution is -0.183. The highest BCUT2D eigenvalue weighted by atomic mass is 16.7. The van der Waals surface area contributed by atoms with Gasteiger partial charge >= 0.3 is 0 Å². The highest BCUT2D eigenvalue weighted by Gasteiger charge is 2.57. The number of hydrogen-bond acceptors (Lipinski definition) is 7. The van der Waals surface area contributed by atoms with Crippen LogP contribution in [-0.2, 0) is 22.7 Å². The van der Waals surface area contributed by atoms with Crippen molar-refractivity contribution in [2.45, 2.75) is 78.7 Å². The second kappa shape index (κ2) is 15.0. The van der Waals surface area contributed by atoms with Crippen molar-refractivity contribution in [3.8, 4) is 16.9 Å². The molecule has 1 aliphatic heterocycles. The fourth-order valence-corrected chi connectivity index (χ4v) is 9.71. The number of rotatable bonds is 12. The van der Waals surface area contributed by atoms with Crippen LogP contribution in [0.25, 0.3) is 22.0 Å². The average Bonchev–Trinajstić information content (AvgIpc) is 3.75. The normalized spacial score (nSPS) is 26.1. The third-order valence-corrected chi connectivity index (χ3v) is 12.9.